The van der Waals surface area contributed by atoms with Crippen LogP contribution < -0.4 is 10.1 Å². The van der Waals surface area contributed by atoms with Gasteiger partial charge < -0.3 is 15.2 Å². The van der Waals surface area contributed by atoms with E-state index in [-0.39, 0.29) is 11.7 Å². The highest BCUT2D eigenvalue weighted by Crippen LogP contribution is 2.17. The third-order valence-corrected chi connectivity index (χ3v) is 3.67. The first-order chi connectivity index (χ1) is 12.7. The van der Waals surface area contributed by atoms with Gasteiger partial charge in [0.2, 0.25) is 5.91 Å². The van der Waals surface area contributed by atoms with Gasteiger partial charge in [-0.3, -0.25) is 4.79 Å². The van der Waals surface area contributed by atoms with Crippen molar-refractivity contribution in [3.05, 3.63) is 96.1 Å². The number of nitrogens with one attached hydrogen (secondary N) is 1. The van der Waals surface area contributed by atoms with Crippen molar-refractivity contribution in [2.24, 2.45) is 0 Å². The lowest BCUT2D eigenvalue weighted by Gasteiger charge is -2.07. The summed E-state index contributed by atoms with van der Waals surface area (Å²) in [5.74, 6) is 0.659. The quantitative estimate of drug-likeness (QED) is 0.506. The van der Waals surface area contributed by atoms with E-state index in [4.69, 9.17) is 4.74 Å². The lowest BCUT2D eigenvalue weighted by molar-refractivity contribution is -0.111. The van der Waals surface area contributed by atoms with Gasteiger partial charge in [0.15, 0.2) is 0 Å². The van der Waals surface area contributed by atoms with Gasteiger partial charge in [0.05, 0.1) is 0 Å². The summed E-state index contributed by atoms with van der Waals surface area (Å²) in [7, 11) is 0. The molecular formula is C22H19NO3. The Labute approximate surface area is 152 Å². The first kappa shape index (κ1) is 17.3. The zero-order valence-corrected chi connectivity index (χ0v) is 14.1. The molecular weight excluding hydrogens is 326 g/mol. The second kappa shape index (κ2) is 8.53. The molecule has 26 heavy (non-hydrogen) atoms. The Hall–Kier alpha value is -3.53. The maximum Gasteiger partial charge on any atom is 0.248 e. The minimum Gasteiger partial charge on any atom is -0.508 e. The molecule has 4 heteroatoms. The molecule has 0 aromatic heterocycles. The zero-order valence-electron chi connectivity index (χ0n) is 14.1. The van der Waals surface area contributed by atoms with Crippen LogP contribution >= 0.6 is 0 Å². The van der Waals surface area contributed by atoms with Crippen molar-refractivity contribution in [1.82, 2.24) is 0 Å². The van der Waals surface area contributed by atoms with Gasteiger partial charge in [0.1, 0.15) is 18.1 Å². The number of hydrogen-bond donors (Lipinski definition) is 2. The molecule has 3 rings (SSSR count). The van der Waals surface area contributed by atoms with Crippen molar-refractivity contribution in [2.75, 3.05) is 5.32 Å². The SMILES string of the molecule is O=C(/C=C/c1cccc(OCc2ccccc2)c1)Nc1ccc(O)cc1. The molecule has 130 valence electrons. The number of ether oxygens (including phenoxy) is 1. The first-order valence-electron chi connectivity index (χ1n) is 8.24. The summed E-state index contributed by atoms with van der Waals surface area (Å²) >= 11 is 0. The van der Waals surface area contributed by atoms with Crippen molar-refractivity contribution < 1.29 is 14.6 Å². The zero-order chi connectivity index (χ0) is 18.2. The van der Waals surface area contributed by atoms with Gasteiger partial charge in [0.25, 0.3) is 0 Å². The molecule has 0 aliphatic carbocycles. The summed E-state index contributed by atoms with van der Waals surface area (Å²) < 4.78 is 5.79. The summed E-state index contributed by atoms with van der Waals surface area (Å²) in [5, 5.41) is 12.0. The van der Waals surface area contributed by atoms with E-state index >= 15 is 0 Å². The number of carbonyl (C=O) groups excluding carboxylic acids is 1. The Kier molecular flexibility index (Phi) is 5.68. The van der Waals surface area contributed by atoms with Crippen LogP contribution in [0.2, 0.25) is 0 Å². The van der Waals surface area contributed by atoms with Crippen molar-refractivity contribution in [3.8, 4) is 11.5 Å². The molecule has 0 spiro atoms. The molecule has 4 nitrogen and oxygen atoms in total. The smallest absolute Gasteiger partial charge is 0.248 e. The molecule has 2 N–H and O–H groups in total. The number of anilines is 1. The molecule has 0 unspecified atom stereocenters. The van der Waals surface area contributed by atoms with Crippen LogP contribution in [0.4, 0.5) is 5.69 Å². The number of amides is 1. The van der Waals surface area contributed by atoms with Crippen molar-refractivity contribution in [3.63, 3.8) is 0 Å². The van der Waals surface area contributed by atoms with Crippen LogP contribution in [0.1, 0.15) is 11.1 Å². The maximum atomic E-state index is 12.0. The summed E-state index contributed by atoms with van der Waals surface area (Å²) in [4.78, 5) is 12.0. The Morgan fingerprint density at radius 2 is 1.73 bits per heavy atom. The lowest BCUT2D eigenvalue weighted by Crippen LogP contribution is -2.07. The summed E-state index contributed by atoms with van der Waals surface area (Å²) in [6.07, 6.45) is 3.19. The van der Waals surface area contributed by atoms with E-state index in [1.54, 1.807) is 18.2 Å². The first-order valence-corrected chi connectivity index (χ1v) is 8.24. The van der Waals surface area contributed by atoms with Crippen LogP contribution in [0.5, 0.6) is 11.5 Å². The van der Waals surface area contributed by atoms with Gasteiger partial charge in [-0.05, 0) is 53.6 Å². The predicted molar refractivity (Wildman–Crippen MR) is 103 cm³/mol. The third-order valence-electron chi connectivity index (χ3n) is 3.67. The normalized spacial score (nSPS) is 10.6. The molecule has 0 saturated heterocycles. The van der Waals surface area contributed by atoms with E-state index in [1.165, 1.54) is 18.2 Å². The predicted octanol–water partition coefficient (Wildman–Crippen LogP) is 4.62. The van der Waals surface area contributed by atoms with Crippen LogP contribution in [-0.2, 0) is 11.4 Å². The second-order valence-electron chi connectivity index (χ2n) is 5.72. The second-order valence-corrected chi connectivity index (χ2v) is 5.72. The number of phenolic OH excluding ortho intramolecular Hbond substituents is 1. The average molecular weight is 345 g/mol. The molecule has 0 atom stereocenters. The molecule has 0 radical (unpaired) electrons. The van der Waals surface area contributed by atoms with E-state index in [2.05, 4.69) is 5.32 Å². The number of phenols is 1. The Morgan fingerprint density at radius 3 is 2.50 bits per heavy atom. The van der Waals surface area contributed by atoms with E-state index in [0.29, 0.717) is 12.3 Å². The highest BCUT2D eigenvalue weighted by molar-refractivity contribution is 6.01. The van der Waals surface area contributed by atoms with Gasteiger partial charge >= 0.3 is 0 Å². The molecule has 1 amide bonds. The van der Waals surface area contributed by atoms with Crippen LogP contribution in [0.25, 0.3) is 6.08 Å². The van der Waals surface area contributed by atoms with Crippen molar-refractivity contribution in [2.45, 2.75) is 6.61 Å². The molecule has 0 fully saturated rings. The number of benzene rings is 3. The summed E-state index contributed by atoms with van der Waals surface area (Å²) in [6.45, 7) is 0.495. The number of carbonyl (C=O) groups is 1. The summed E-state index contributed by atoms with van der Waals surface area (Å²) in [6, 6.07) is 23.8. The molecule has 0 bridgehead atoms. The highest BCUT2D eigenvalue weighted by Gasteiger charge is 2.00. The fourth-order valence-corrected chi connectivity index (χ4v) is 2.35. The van der Waals surface area contributed by atoms with E-state index in [0.717, 1.165) is 16.9 Å². The Morgan fingerprint density at radius 1 is 0.962 bits per heavy atom. The molecule has 0 aliphatic rings. The standard InChI is InChI=1S/C22H19NO3/c24-20-12-10-19(11-13-20)23-22(25)14-9-17-7-4-8-21(15-17)26-16-18-5-2-1-3-6-18/h1-15,24H,16H2,(H,23,25)/b14-9+. The molecule has 0 saturated carbocycles. The number of rotatable bonds is 6. The van der Waals surface area contributed by atoms with Crippen LogP contribution in [-0.4, -0.2) is 11.0 Å². The maximum absolute atomic E-state index is 12.0. The number of aromatic hydroxyl groups is 1. The minimum atomic E-state index is -0.244. The molecule has 3 aromatic carbocycles. The van der Waals surface area contributed by atoms with E-state index in [1.807, 2.05) is 54.6 Å². The average Bonchev–Trinajstić information content (AvgIpc) is 2.68. The topological polar surface area (TPSA) is 58.6 Å². The van der Waals surface area contributed by atoms with Crippen molar-refractivity contribution in [1.29, 1.82) is 0 Å². The van der Waals surface area contributed by atoms with Gasteiger partial charge in [-0.1, -0.05) is 42.5 Å². The fraction of sp³-hybridized carbons (Fsp3) is 0.0455. The third kappa shape index (κ3) is 5.24. The fourth-order valence-electron chi connectivity index (χ4n) is 2.35. The molecule has 0 aliphatic heterocycles. The number of hydrogen-bond acceptors (Lipinski definition) is 3. The van der Waals surface area contributed by atoms with Crippen LogP contribution in [0, 0.1) is 0 Å². The van der Waals surface area contributed by atoms with Crippen LogP contribution in [0.15, 0.2) is 84.9 Å². The van der Waals surface area contributed by atoms with Gasteiger partial charge in [-0.25, -0.2) is 0 Å². The van der Waals surface area contributed by atoms with Crippen molar-refractivity contribution >= 4 is 17.7 Å². The molecule has 0 heterocycles. The van der Waals surface area contributed by atoms with E-state index < -0.39 is 0 Å². The van der Waals surface area contributed by atoms with Gasteiger partial charge in [-0.2, -0.15) is 0 Å². The Balaban J connectivity index is 1.58. The molecule has 3 aromatic rings. The summed E-state index contributed by atoms with van der Waals surface area (Å²) in [5.41, 5.74) is 2.59. The largest absolute Gasteiger partial charge is 0.508 e. The van der Waals surface area contributed by atoms with Crippen LogP contribution in [0.3, 0.4) is 0 Å². The van der Waals surface area contributed by atoms with Gasteiger partial charge in [-0.15, -0.1) is 0 Å². The monoisotopic (exact) mass is 345 g/mol. The van der Waals surface area contributed by atoms with Gasteiger partial charge in [0, 0.05) is 11.8 Å². The lowest BCUT2D eigenvalue weighted by atomic mass is 10.2. The highest BCUT2D eigenvalue weighted by atomic mass is 16.5. The van der Waals surface area contributed by atoms with E-state index in [9.17, 15) is 9.90 Å². The Bertz CT molecular complexity index is 887. The minimum absolute atomic E-state index is 0.158.